The van der Waals surface area contributed by atoms with Crippen molar-refractivity contribution in [2.24, 2.45) is 5.92 Å². The van der Waals surface area contributed by atoms with Crippen LogP contribution in [0.15, 0.2) is 52.9 Å². The topological polar surface area (TPSA) is 75.2 Å². The fraction of sp³-hybridized carbons (Fsp3) is 0.273. The van der Waals surface area contributed by atoms with Gasteiger partial charge in [-0.25, -0.2) is 4.39 Å². The summed E-state index contributed by atoms with van der Waals surface area (Å²) >= 11 is 8.67. The van der Waals surface area contributed by atoms with E-state index in [4.69, 9.17) is 11.6 Å². The number of nitrogens with one attached hydrogen (secondary N) is 1. The van der Waals surface area contributed by atoms with E-state index in [9.17, 15) is 14.0 Å². The van der Waals surface area contributed by atoms with Gasteiger partial charge in [0, 0.05) is 29.4 Å². The average molecular weight is 491 g/mol. The first-order chi connectivity index (χ1) is 15.5. The highest BCUT2D eigenvalue weighted by Crippen LogP contribution is 2.29. The molecule has 1 aliphatic rings. The third kappa shape index (κ3) is 5.85. The van der Waals surface area contributed by atoms with Crippen molar-refractivity contribution < 1.29 is 14.0 Å². The lowest BCUT2D eigenvalue weighted by molar-refractivity contribution is -0.121. The summed E-state index contributed by atoms with van der Waals surface area (Å²) in [5.41, 5.74) is 1.53. The van der Waals surface area contributed by atoms with Crippen molar-refractivity contribution in [2.45, 2.75) is 22.9 Å². The van der Waals surface area contributed by atoms with E-state index in [0.29, 0.717) is 45.3 Å². The predicted octanol–water partition coefficient (Wildman–Crippen LogP) is 5.11. The van der Waals surface area contributed by atoms with E-state index in [2.05, 4.69) is 15.5 Å². The highest BCUT2D eigenvalue weighted by Gasteiger charge is 2.29. The molecule has 0 saturated carbocycles. The maximum absolute atomic E-state index is 13.0. The molecule has 32 heavy (non-hydrogen) atoms. The molecule has 1 aromatic heterocycles. The molecule has 4 rings (SSSR count). The van der Waals surface area contributed by atoms with Crippen molar-refractivity contribution in [3.05, 3.63) is 70.5 Å². The summed E-state index contributed by atoms with van der Waals surface area (Å²) in [6.07, 6.45) is 1.47. The molecule has 10 heteroatoms. The molecule has 2 heterocycles. The van der Waals surface area contributed by atoms with Crippen LogP contribution in [-0.4, -0.2) is 40.0 Å². The quantitative estimate of drug-likeness (QED) is 0.383. The van der Waals surface area contributed by atoms with Crippen molar-refractivity contribution in [1.82, 2.24) is 15.1 Å². The smallest absolute Gasteiger partial charge is 0.253 e. The van der Waals surface area contributed by atoms with Gasteiger partial charge in [0.05, 0.1) is 5.92 Å². The van der Waals surface area contributed by atoms with Crippen LogP contribution in [0.3, 0.4) is 0 Å². The maximum atomic E-state index is 13.0. The van der Waals surface area contributed by atoms with Gasteiger partial charge in [-0.15, -0.1) is 10.2 Å². The zero-order chi connectivity index (χ0) is 22.5. The number of aromatic nitrogens is 2. The number of benzene rings is 2. The Morgan fingerprint density at radius 1 is 1.16 bits per heavy atom. The van der Waals surface area contributed by atoms with Gasteiger partial charge >= 0.3 is 0 Å². The lowest BCUT2D eigenvalue weighted by Gasteiger charge is -2.32. The number of hydrogen-bond acceptors (Lipinski definition) is 6. The largest absolute Gasteiger partial charge is 0.338 e. The highest BCUT2D eigenvalue weighted by molar-refractivity contribution is 8.00. The molecule has 0 radical (unpaired) electrons. The summed E-state index contributed by atoms with van der Waals surface area (Å²) in [7, 11) is 0. The van der Waals surface area contributed by atoms with E-state index in [0.717, 1.165) is 12.0 Å². The van der Waals surface area contributed by atoms with Crippen LogP contribution in [0.25, 0.3) is 0 Å². The van der Waals surface area contributed by atoms with Crippen LogP contribution in [0.1, 0.15) is 28.8 Å². The van der Waals surface area contributed by atoms with E-state index in [1.54, 1.807) is 41.3 Å². The molecule has 2 amide bonds. The van der Waals surface area contributed by atoms with E-state index in [-0.39, 0.29) is 23.5 Å². The Bertz CT molecular complexity index is 1090. The minimum Gasteiger partial charge on any atom is -0.338 e. The summed E-state index contributed by atoms with van der Waals surface area (Å²) in [6, 6.07) is 13.1. The number of rotatable bonds is 6. The van der Waals surface area contributed by atoms with Crippen LogP contribution in [-0.2, 0) is 10.5 Å². The summed E-state index contributed by atoms with van der Waals surface area (Å²) in [5, 5.41) is 12.0. The highest BCUT2D eigenvalue weighted by atomic mass is 35.5. The molecular weight excluding hydrogens is 471 g/mol. The van der Waals surface area contributed by atoms with Crippen molar-refractivity contribution in [3.8, 4) is 0 Å². The lowest BCUT2D eigenvalue weighted by atomic mass is 9.96. The minimum absolute atomic E-state index is 0.102. The molecule has 6 nitrogen and oxygen atoms in total. The van der Waals surface area contributed by atoms with E-state index in [1.165, 1.54) is 35.2 Å². The molecule has 0 bridgehead atoms. The number of piperidine rings is 1. The van der Waals surface area contributed by atoms with Crippen molar-refractivity contribution in [1.29, 1.82) is 0 Å². The molecule has 2 aromatic carbocycles. The standard InChI is InChI=1S/C22H20ClFN4O2S2/c23-17-7-5-15(6-8-17)20(30)28-11-1-2-16(12-28)19(29)25-21-26-27-22(32-21)31-13-14-3-9-18(24)10-4-14/h3-10,16H,1-2,11-13H2,(H,25,26,29). The second kappa shape index (κ2) is 10.4. The second-order valence-electron chi connectivity index (χ2n) is 7.37. The number of nitrogens with zero attached hydrogens (tertiary/aromatic N) is 3. The minimum atomic E-state index is -0.306. The predicted molar refractivity (Wildman–Crippen MR) is 125 cm³/mol. The molecule has 1 aliphatic heterocycles. The SMILES string of the molecule is O=C(Nc1nnc(SCc2ccc(F)cc2)s1)C1CCCN(C(=O)c2ccc(Cl)cc2)C1. The summed E-state index contributed by atoms with van der Waals surface area (Å²) < 4.78 is 13.7. The Kier molecular flexibility index (Phi) is 7.39. The Labute approximate surface area is 198 Å². The number of hydrogen-bond donors (Lipinski definition) is 1. The van der Waals surface area contributed by atoms with Gasteiger partial charge in [0.25, 0.3) is 5.91 Å². The van der Waals surface area contributed by atoms with Crippen molar-refractivity contribution in [2.75, 3.05) is 18.4 Å². The van der Waals surface area contributed by atoms with Gasteiger partial charge in [-0.1, -0.05) is 46.8 Å². The first kappa shape index (κ1) is 22.7. The Hall–Kier alpha value is -2.49. The normalized spacial score (nSPS) is 16.1. The van der Waals surface area contributed by atoms with Crippen LogP contribution < -0.4 is 5.32 Å². The zero-order valence-electron chi connectivity index (χ0n) is 17.0. The monoisotopic (exact) mass is 490 g/mol. The third-order valence-corrected chi connectivity index (χ3v) is 7.38. The number of carbonyl (C=O) groups is 2. The number of thioether (sulfide) groups is 1. The van der Waals surface area contributed by atoms with Gasteiger partial charge in [0.1, 0.15) is 5.82 Å². The average Bonchev–Trinajstić information content (AvgIpc) is 3.26. The summed E-state index contributed by atoms with van der Waals surface area (Å²) in [6.45, 7) is 0.979. The molecule has 0 spiro atoms. The number of anilines is 1. The van der Waals surface area contributed by atoms with E-state index < -0.39 is 0 Å². The molecule has 1 atom stereocenters. The zero-order valence-corrected chi connectivity index (χ0v) is 19.4. The molecule has 166 valence electrons. The molecule has 1 unspecified atom stereocenters. The second-order valence-corrected chi connectivity index (χ2v) is 10.0. The number of halogens is 2. The summed E-state index contributed by atoms with van der Waals surface area (Å²) in [4.78, 5) is 27.2. The van der Waals surface area contributed by atoms with Crippen molar-refractivity contribution in [3.63, 3.8) is 0 Å². The fourth-order valence-electron chi connectivity index (χ4n) is 3.40. The van der Waals surface area contributed by atoms with Crippen LogP contribution in [0, 0.1) is 11.7 Å². The van der Waals surface area contributed by atoms with Gasteiger partial charge in [-0.3, -0.25) is 9.59 Å². The Morgan fingerprint density at radius 3 is 2.66 bits per heavy atom. The van der Waals surface area contributed by atoms with Gasteiger partial charge in [0.2, 0.25) is 11.0 Å². The molecule has 1 N–H and O–H groups in total. The van der Waals surface area contributed by atoms with Gasteiger partial charge in [-0.05, 0) is 54.8 Å². The van der Waals surface area contributed by atoms with Gasteiger partial charge in [0.15, 0.2) is 4.34 Å². The van der Waals surface area contributed by atoms with E-state index >= 15 is 0 Å². The molecule has 0 aliphatic carbocycles. The van der Waals surface area contributed by atoms with Gasteiger partial charge in [-0.2, -0.15) is 0 Å². The summed E-state index contributed by atoms with van der Waals surface area (Å²) in [5.74, 6) is -0.206. The molecule has 1 fully saturated rings. The van der Waals surface area contributed by atoms with E-state index in [1.807, 2.05) is 0 Å². The maximum Gasteiger partial charge on any atom is 0.253 e. The number of carbonyl (C=O) groups excluding carboxylic acids is 2. The Morgan fingerprint density at radius 2 is 1.91 bits per heavy atom. The van der Waals surface area contributed by atoms with Gasteiger partial charge < -0.3 is 10.2 Å². The van der Waals surface area contributed by atoms with Crippen LogP contribution in [0.2, 0.25) is 5.02 Å². The van der Waals surface area contributed by atoms with Crippen LogP contribution >= 0.6 is 34.7 Å². The van der Waals surface area contributed by atoms with Crippen molar-refractivity contribution >= 4 is 51.6 Å². The first-order valence-electron chi connectivity index (χ1n) is 10.0. The number of likely N-dealkylation sites (tertiary alicyclic amines) is 1. The number of amides is 2. The molecule has 3 aromatic rings. The van der Waals surface area contributed by atoms with Crippen LogP contribution in [0.4, 0.5) is 9.52 Å². The van der Waals surface area contributed by atoms with Crippen LogP contribution in [0.5, 0.6) is 0 Å². The Balaban J connectivity index is 1.31. The first-order valence-corrected chi connectivity index (χ1v) is 12.2. The lowest BCUT2D eigenvalue weighted by Crippen LogP contribution is -2.43. The molecule has 1 saturated heterocycles. The fourth-order valence-corrected chi connectivity index (χ4v) is 5.24. The third-order valence-electron chi connectivity index (χ3n) is 5.08. The molecular formula is C22H20ClFN4O2S2.